The van der Waals surface area contributed by atoms with Crippen molar-refractivity contribution in [3.05, 3.63) is 34.8 Å². The van der Waals surface area contributed by atoms with Crippen molar-refractivity contribution in [3.63, 3.8) is 0 Å². The predicted octanol–water partition coefficient (Wildman–Crippen LogP) is 1.70. The zero-order valence-electron chi connectivity index (χ0n) is 14.1. The average molecular weight is 371 g/mol. The van der Waals surface area contributed by atoms with Crippen molar-refractivity contribution in [2.45, 2.75) is 38.3 Å². The van der Waals surface area contributed by atoms with E-state index in [-0.39, 0.29) is 24.7 Å². The van der Waals surface area contributed by atoms with Gasteiger partial charge < -0.3 is 5.32 Å². The normalized spacial score (nSPS) is 21.2. The number of hydrogen-bond donors (Lipinski definition) is 2. The summed E-state index contributed by atoms with van der Waals surface area (Å²) in [4.78, 5) is 39.5. The molecule has 8 nitrogen and oxygen atoms in total. The van der Waals surface area contributed by atoms with Gasteiger partial charge in [0, 0.05) is 19.3 Å². The van der Waals surface area contributed by atoms with Crippen molar-refractivity contribution in [3.8, 4) is 0 Å². The second-order valence-corrected chi connectivity index (χ2v) is 7.33. The summed E-state index contributed by atoms with van der Waals surface area (Å²) in [5.74, 6) is -1.05. The van der Waals surface area contributed by atoms with Crippen LogP contribution in [0.1, 0.15) is 41.6 Å². The fourth-order valence-corrected chi connectivity index (χ4v) is 4.23. The second-order valence-electron chi connectivity index (χ2n) is 6.27. The number of amides is 3. The maximum atomic E-state index is 13.1. The topological polar surface area (TPSA) is 104 Å². The van der Waals surface area contributed by atoms with Gasteiger partial charge in [-0.25, -0.2) is 0 Å². The highest BCUT2D eigenvalue weighted by molar-refractivity contribution is 7.15. The third kappa shape index (κ3) is 2.47. The molecule has 1 saturated heterocycles. The average Bonchev–Trinajstić information content (AvgIpc) is 3.21. The molecule has 3 heterocycles. The number of fused-ring (bicyclic) bond motifs is 3. The Balaban J connectivity index is 1.68. The van der Waals surface area contributed by atoms with Crippen LogP contribution in [-0.4, -0.2) is 33.6 Å². The minimum absolute atomic E-state index is 0.180. The highest BCUT2D eigenvalue weighted by Gasteiger charge is 2.56. The molecule has 1 aromatic carbocycles. The zero-order valence-corrected chi connectivity index (χ0v) is 14.9. The van der Waals surface area contributed by atoms with Gasteiger partial charge in [-0.1, -0.05) is 30.4 Å². The number of hydrogen-bond acceptors (Lipinski definition) is 6. The molecule has 4 rings (SSSR count). The van der Waals surface area contributed by atoms with Crippen LogP contribution in [0.15, 0.2) is 24.3 Å². The molecule has 2 aromatic rings. The van der Waals surface area contributed by atoms with Gasteiger partial charge in [0.2, 0.25) is 16.7 Å². The van der Waals surface area contributed by atoms with E-state index >= 15 is 0 Å². The predicted molar refractivity (Wildman–Crippen MR) is 95.9 cm³/mol. The van der Waals surface area contributed by atoms with E-state index in [1.165, 1.54) is 16.2 Å². The number of aromatic nitrogens is 2. The number of anilines is 2. The standard InChI is InChI=1S/C17H17N5O3S/c1-2-5-12-20-21-16(26-12)18-15(25)17-9-8-13(23)22(17)11-7-4-3-6-10(11)14(24)19-17/h3-4,6-7H,2,5,8-9H2,1H3,(H,19,24)(H,18,21,25). The number of benzene rings is 1. The number of nitrogens with zero attached hydrogens (tertiary/aromatic N) is 3. The van der Waals surface area contributed by atoms with Crippen LogP contribution in [-0.2, 0) is 16.0 Å². The molecule has 1 aromatic heterocycles. The van der Waals surface area contributed by atoms with Gasteiger partial charge in [0.15, 0.2) is 0 Å². The highest BCUT2D eigenvalue weighted by Crippen LogP contribution is 2.39. The van der Waals surface area contributed by atoms with E-state index in [1.54, 1.807) is 24.3 Å². The summed E-state index contributed by atoms with van der Waals surface area (Å²) >= 11 is 1.30. The van der Waals surface area contributed by atoms with Crippen LogP contribution in [0, 0.1) is 0 Å². The first-order valence-electron chi connectivity index (χ1n) is 8.43. The summed E-state index contributed by atoms with van der Waals surface area (Å²) in [5, 5.41) is 14.7. The summed E-state index contributed by atoms with van der Waals surface area (Å²) in [6.07, 6.45) is 2.10. The van der Waals surface area contributed by atoms with Crippen molar-refractivity contribution >= 4 is 39.9 Å². The van der Waals surface area contributed by atoms with Crippen LogP contribution in [0.2, 0.25) is 0 Å². The van der Waals surface area contributed by atoms with Gasteiger partial charge in [0.25, 0.3) is 11.8 Å². The number of carbonyl (C=O) groups is 3. The minimum atomic E-state index is -1.43. The number of para-hydroxylation sites is 1. The van der Waals surface area contributed by atoms with Gasteiger partial charge in [-0.2, -0.15) is 0 Å². The van der Waals surface area contributed by atoms with Gasteiger partial charge in [-0.05, 0) is 18.6 Å². The maximum Gasteiger partial charge on any atom is 0.273 e. The summed E-state index contributed by atoms with van der Waals surface area (Å²) in [7, 11) is 0. The summed E-state index contributed by atoms with van der Waals surface area (Å²) in [6.45, 7) is 2.04. The van der Waals surface area contributed by atoms with Crippen molar-refractivity contribution in [1.82, 2.24) is 15.5 Å². The van der Waals surface area contributed by atoms with Crippen LogP contribution in [0.3, 0.4) is 0 Å². The first-order chi connectivity index (χ1) is 12.5. The molecule has 0 spiro atoms. The molecular weight excluding hydrogens is 354 g/mol. The quantitative estimate of drug-likeness (QED) is 0.851. The van der Waals surface area contributed by atoms with Gasteiger partial charge >= 0.3 is 0 Å². The molecule has 1 fully saturated rings. The molecule has 2 aliphatic heterocycles. The van der Waals surface area contributed by atoms with Gasteiger partial charge in [-0.15, -0.1) is 10.2 Å². The van der Waals surface area contributed by atoms with Crippen LogP contribution in [0.4, 0.5) is 10.8 Å². The van der Waals surface area contributed by atoms with E-state index < -0.39 is 11.6 Å². The zero-order chi connectivity index (χ0) is 18.3. The molecule has 26 heavy (non-hydrogen) atoms. The van der Waals surface area contributed by atoms with E-state index in [2.05, 4.69) is 20.8 Å². The number of nitrogens with one attached hydrogen (secondary N) is 2. The van der Waals surface area contributed by atoms with Crippen molar-refractivity contribution in [2.24, 2.45) is 0 Å². The van der Waals surface area contributed by atoms with Crippen LogP contribution in [0.5, 0.6) is 0 Å². The SMILES string of the molecule is CCCc1nnc(NC(=O)C23CCC(=O)N2c2ccccc2C(=O)N3)s1. The lowest BCUT2D eigenvalue weighted by molar-refractivity contribution is -0.124. The first-order valence-corrected chi connectivity index (χ1v) is 9.25. The summed E-state index contributed by atoms with van der Waals surface area (Å²) < 4.78 is 0. The Labute approximate surface area is 153 Å². The Morgan fingerprint density at radius 1 is 1.35 bits per heavy atom. The van der Waals surface area contributed by atoms with Crippen LogP contribution < -0.4 is 15.5 Å². The Bertz CT molecular complexity index is 911. The van der Waals surface area contributed by atoms with Crippen LogP contribution >= 0.6 is 11.3 Å². The molecule has 0 saturated carbocycles. The second kappa shape index (κ2) is 6.17. The smallest absolute Gasteiger partial charge is 0.273 e. The minimum Gasteiger partial charge on any atom is -0.321 e. The molecule has 3 amide bonds. The van der Waals surface area contributed by atoms with Crippen LogP contribution in [0.25, 0.3) is 0 Å². The van der Waals surface area contributed by atoms with E-state index in [0.717, 1.165) is 17.8 Å². The van der Waals surface area contributed by atoms with E-state index in [0.29, 0.717) is 16.4 Å². The molecule has 1 unspecified atom stereocenters. The molecule has 9 heteroatoms. The Hall–Kier alpha value is -2.81. The lowest BCUT2D eigenvalue weighted by atomic mass is 9.99. The van der Waals surface area contributed by atoms with Crippen molar-refractivity contribution in [2.75, 3.05) is 10.2 Å². The molecule has 0 radical (unpaired) electrons. The number of rotatable bonds is 4. The Morgan fingerprint density at radius 3 is 2.96 bits per heavy atom. The first kappa shape index (κ1) is 16.6. The lowest BCUT2D eigenvalue weighted by Gasteiger charge is -2.41. The fourth-order valence-electron chi connectivity index (χ4n) is 3.39. The third-order valence-electron chi connectivity index (χ3n) is 4.57. The largest absolute Gasteiger partial charge is 0.321 e. The van der Waals surface area contributed by atoms with Gasteiger partial charge in [0.05, 0.1) is 11.3 Å². The fraction of sp³-hybridized carbons (Fsp3) is 0.353. The van der Waals surface area contributed by atoms with Gasteiger partial charge in [0.1, 0.15) is 5.01 Å². The van der Waals surface area contributed by atoms with Crippen molar-refractivity contribution < 1.29 is 14.4 Å². The van der Waals surface area contributed by atoms with Crippen molar-refractivity contribution in [1.29, 1.82) is 0 Å². The summed E-state index contributed by atoms with van der Waals surface area (Å²) in [6, 6.07) is 6.79. The Kier molecular flexibility index (Phi) is 3.95. The maximum absolute atomic E-state index is 13.1. The number of aryl methyl sites for hydroxylation is 1. The van der Waals surface area contributed by atoms with E-state index in [4.69, 9.17) is 0 Å². The molecule has 0 bridgehead atoms. The summed E-state index contributed by atoms with van der Waals surface area (Å²) in [5.41, 5.74) is -0.593. The van der Waals surface area contributed by atoms with E-state index in [1.807, 2.05) is 6.92 Å². The molecule has 0 aliphatic carbocycles. The third-order valence-corrected chi connectivity index (χ3v) is 5.47. The molecular formula is C17H17N5O3S. The van der Waals surface area contributed by atoms with E-state index in [9.17, 15) is 14.4 Å². The molecule has 2 aliphatic rings. The Morgan fingerprint density at radius 2 is 2.15 bits per heavy atom. The lowest BCUT2D eigenvalue weighted by Crippen LogP contribution is -2.68. The number of carbonyl (C=O) groups excluding carboxylic acids is 3. The van der Waals surface area contributed by atoms with Gasteiger partial charge in [-0.3, -0.25) is 24.6 Å². The molecule has 2 N–H and O–H groups in total. The highest BCUT2D eigenvalue weighted by atomic mass is 32.1. The molecule has 134 valence electrons. The molecule has 1 atom stereocenters. The monoisotopic (exact) mass is 371 g/mol.